The number of carbonyl (C=O) groups is 2. The normalized spacial score (nSPS) is 13.3. The zero-order valence-corrected chi connectivity index (χ0v) is 14.7. The molecule has 0 saturated heterocycles. The molecule has 0 aliphatic heterocycles. The molecule has 7 heteroatoms. The number of ether oxygens (including phenoxy) is 1. The minimum Gasteiger partial charge on any atom is -0.452 e. The largest absolute Gasteiger partial charge is 0.452 e. The van der Waals surface area contributed by atoms with Crippen molar-refractivity contribution in [1.82, 2.24) is 4.90 Å². The molecule has 1 fully saturated rings. The Morgan fingerprint density at radius 1 is 1.23 bits per heavy atom. The molecule has 0 spiro atoms. The highest BCUT2D eigenvalue weighted by molar-refractivity contribution is 6.31. The summed E-state index contributed by atoms with van der Waals surface area (Å²) in [4.78, 5) is 26.2. The van der Waals surface area contributed by atoms with Crippen LogP contribution in [0.4, 0.5) is 10.1 Å². The van der Waals surface area contributed by atoms with Gasteiger partial charge < -0.3 is 15.4 Å². The second kappa shape index (κ2) is 7.74. The van der Waals surface area contributed by atoms with Crippen molar-refractivity contribution in [1.29, 1.82) is 0 Å². The molecule has 0 radical (unpaired) electrons. The summed E-state index contributed by atoms with van der Waals surface area (Å²) in [6, 6.07) is 10.8. The molecule has 3 rings (SSSR count). The van der Waals surface area contributed by atoms with E-state index in [0.29, 0.717) is 10.6 Å². The van der Waals surface area contributed by atoms with E-state index in [-0.39, 0.29) is 35.6 Å². The molecule has 0 bridgehead atoms. The van der Waals surface area contributed by atoms with E-state index in [1.54, 1.807) is 29.2 Å². The minimum atomic E-state index is -0.722. The molecule has 0 aromatic heterocycles. The Morgan fingerprint density at radius 2 is 1.96 bits per heavy atom. The molecule has 136 valence electrons. The predicted octanol–water partition coefficient (Wildman–Crippen LogP) is 3.41. The van der Waals surface area contributed by atoms with E-state index >= 15 is 0 Å². The van der Waals surface area contributed by atoms with E-state index in [2.05, 4.69) is 0 Å². The molecule has 1 saturated carbocycles. The molecule has 2 N–H and O–H groups in total. The van der Waals surface area contributed by atoms with Gasteiger partial charge in [-0.05, 0) is 37.1 Å². The van der Waals surface area contributed by atoms with Crippen LogP contribution < -0.4 is 5.73 Å². The van der Waals surface area contributed by atoms with Crippen LogP contribution >= 0.6 is 11.6 Å². The van der Waals surface area contributed by atoms with Crippen LogP contribution in [-0.2, 0) is 16.1 Å². The van der Waals surface area contributed by atoms with Crippen LogP contribution in [0.3, 0.4) is 0 Å². The zero-order chi connectivity index (χ0) is 18.7. The first-order chi connectivity index (χ1) is 12.5. The molecular formula is C19H18ClFN2O3. The SMILES string of the molecule is Nc1ccc(Cl)cc1C(=O)OCC(=O)N(Cc1ccccc1F)C1CC1. The van der Waals surface area contributed by atoms with Crippen molar-refractivity contribution in [2.75, 3.05) is 12.3 Å². The van der Waals surface area contributed by atoms with Gasteiger partial charge in [-0.3, -0.25) is 4.79 Å². The van der Waals surface area contributed by atoms with Crippen LogP contribution in [0.5, 0.6) is 0 Å². The van der Waals surface area contributed by atoms with E-state index < -0.39 is 12.6 Å². The fourth-order valence-corrected chi connectivity index (χ4v) is 2.78. The Morgan fingerprint density at radius 3 is 2.65 bits per heavy atom. The topological polar surface area (TPSA) is 72.6 Å². The maximum absolute atomic E-state index is 13.9. The van der Waals surface area contributed by atoms with Crippen LogP contribution in [0.15, 0.2) is 42.5 Å². The highest BCUT2D eigenvalue weighted by atomic mass is 35.5. The summed E-state index contributed by atoms with van der Waals surface area (Å²) in [5.74, 6) is -1.46. The van der Waals surface area contributed by atoms with Crippen molar-refractivity contribution in [3.8, 4) is 0 Å². The smallest absolute Gasteiger partial charge is 0.340 e. The van der Waals surface area contributed by atoms with Crippen molar-refractivity contribution >= 4 is 29.2 Å². The van der Waals surface area contributed by atoms with Gasteiger partial charge in [-0.1, -0.05) is 29.8 Å². The number of rotatable bonds is 6. The maximum atomic E-state index is 13.9. The number of nitrogens with zero attached hydrogens (tertiary/aromatic N) is 1. The zero-order valence-electron chi connectivity index (χ0n) is 14.0. The van der Waals surface area contributed by atoms with Crippen LogP contribution in [-0.4, -0.2) is 29.4 Å². The first-order valence-electron chi connectivity index (χ1n) is 8.20. The summed E-state index contributed by atoms with van der Waals surface area (Å²) in [6.45, 7) is -0.289. The van der Waals surface area contributed by atoms with Gasteiger partial charge in [-0.25, -0.2) is 9.18 Å². The van der Waals surface area contributed by atoms with Crippen molar-refractivity contribution in [3.05, 3.63) is 64.4 Å². The number of anilines is 1. The average Bonchev–Trinajstić information content (AvgIpc) is 3.45. The number of nitrogen functional groups attached to an aromatic ring is 1. The third kappa shape index (κ3) is 4.32. The number of benzene rings is 2. The molecule has 1 aliphatic carbocycles. The van der Waals surface area contributed by atoms with Gasteiger partial charge in [0.2, 0.25) is 0 Å². The van der Waals surface area contributed by atoms with E-state index in [1.165, 1.54) is 18.2 Å². The number of nitrogens with two attached hydrogens (primary N) is 1. The lowest BCUT2D eigenvalue weighted by atomic mass is 10.2. The first kappa shape index (κ1) is 18.2. The fourth-order valence-electron chi connectivity index (χ4n) is 2.61. The number of amides is 1. The van der Waals surface area contributed by atoms with Gasteiger partial charge in [0.25, 0.3) is 5.91 Å². The summed E-state index contributed by atoms with van der Waals surface area (Å²) in [5.41, 5.74) is 6.49. The summed E-state index contributed by atoms with van der Waals surface area (Å²) in [5, 5.41) is 0.344. The number of carbonyl (C=O) groups excluding carboxylic acids is 2. The summed E-state index contributed by atoms with van der Waals surface area (Å²) in [7, 11) is 0. The van der Waals surface area contributed by atoms with Gasteiger partial charge in [-0.15, -0.1) is 0 Å². The van der Waals surface area contributed by atoms with E-state index in [0.717, 1.165) is 12.8 Å². The maximum Gasteiger partial charge on any atom is 0.340 e. The predicted molar refractivity (Wildman–Crippen MR) is 96.1 cm³/mol. The Hall–Kier alpha value is -2.60. The van der Waals surface area contributed by atoms with Crippen molar-refractivity contribution in [2.24, 2.45) is 0 Å². The highest BCUT2D eigenvalue weighted by Crippen LogP contribution is 2.29. The number of hydrogen-bond acceptors (Lipinski definition) is 4. The molecular weight excluding hydrogens is 359 g/mol. The van der Waals surface area contributed by atoms with Gasteiger partial charge in [0, 0.05) is 28.9 Å². The molecule has 0 heterocycles. The summed E-state index contributed by atoms with van der Waals surface area (Å²) >= 11 is 5.85. The van der Waals surface area contributed by atoms with E-state index in [9.17, 15) is 14.0 Å². The highest BCUT2D eigenvalue weighted by Gasteiger charge is 2.33. The van der Waals surface area contributed by atoms with Crippen molar-refractivity contribution in [2.45, 2.75) is 25.4 Å². The lowest BCUT2D eigenvalue weighted by molar-refractivity contribution is -0.135. The third-order valence-corrected chi connectivity index (χ3v) is 4.40. The van der Waals surface area contributed by atoms with Crippen LogP contribution in [0, 0.1) is 5.82 Å². The fraction of sp³-hybridized carbons (Fsp3) is 0.263. The molecule has 5 nitrogen and oxygen atoms in total. The second-order valence-electron chi connectivity index (χ2n) is 6.15. The van der Waals surface area contributed by atoms with Crippen molar-refractivity contribution in [3.63, 3.8) is 0 Å². The van der Waals surface area contributed by atoms with Crippen LogP contribution in [0.25, 0.3) is 0 Å². The minimum absolute atomic E-state index is 0.0528. The molecule has 26 heavy (non-hydrogen) atoms. The molecule has 1 amide bonds. The van der Waals surface area contributed by atoms with Gasteiger partial charge in [0.1, 0.15) is 5.82 Å². The molecule has 1 aliphatic rings. The standard InChI is InChI=1S/C19H18ClFN2O3/c20-13-5-8-17(22)15(9-13)19(25)26-11-18(24)23(14-6-7-14)10-12-3-1-2-4-16(12)21/h1-5,8-9,14H,6-7,10-11,22H2. The van der Waals surface area contributed by atoms with Gasteiger partial charge in [-0.2, -0.15) is 0 Å². The third-order valence-electron chi connectivity index (χ3n) is 4.17. The molecule has 2 aromatic rings. The lowest BCUT2D eigenvalue weighted by Crippen LogP contribution is -2.36. The van der Waals surface area contributed by atoms with Gasteiger partial charge in [0.05, 0.1) is 5.56 Å². The molecule has 2 aromatic carbocycles. The van der Waals surface area contributed by atoms with E-state index in [1.807, 2.05) is 0 Å². The Balaban J connectivity index is 1.64. The van der Waals surface area contributed by atoms with Crippen molar-refractivity contribution < 1.29 is 18.7 Å². The number of esters is 1. The summed E-state index contributed by atoms with van der Waals surface area (Å²) in [6.07, 6.45) is 1.71. The Bertz CT molecular complexity index is 839. The average molecular weight is 377 g/mol. The molecule has 0 unspecified atom stereocenters. The monoisotopic (exact) mass is 376 g/mol. The van der Waals surface area contributed by atoms with E-state index in [4.69, 9.17) is 22.1 Å². The van der Waals surface area contributed by atoms with Crippen LogP contribution in [0.2, 0.25) is 5.02 Å². The molecule has 0 atom stereocenters. The van der Waals surface area contributed by atoms with Gasteiger partial charge >= 0.3 is 5.97 Å². The quantitative estimate of drug-likeness (QED) is 0.619. The van der Waals surface area contributed by atoms with Gasteiger partial charge in [0.15, 0.2) is 6.61 Å². The Labute approximate surface area is 155 Å². The number of hydrogen-bond donors (Lipinski definition) is 1. The van der Waals surface area contributed by atoms with Crippen LogP contribution in [0.1, 0.15) is 28.8 Å². The lowest BCUT2D eigenvalue weighted by Gasteiger charge is -2.22. The summed E-state index contributed by atoms with van der Waals surface area (Å²) < 4.78 is 19.0. The Kier molecular flexibility index (Phi) is 5.42. The number of halogens is 2. The second-order valence-corrected chi connectivity index (χ2v) is 6.59. The first-order valence-corrected chi connectivity index (χ1v) is 8.58.